The Bertz CT molecular complexity index is 450. The Morgan fingerprint density at radius 1 is 1.35 bits per heavy atom. The number of halogens is 1. The summed E-state index contributed by atoms with van der Waals surface area (Å²) < 4.78 is 0. The van der Waals surface area contributed by atoms with Gasteiger partial charge in [0.15, 0.2) is 0 Å². The Kier molecular flexibility index (Phi) is 5.47. The summed E-state index contributed by atoms with van der Waals surface area (Å²) in [7, 11) is 0. The minimum atomic E-state index is 0.222. The molecular formula is C17H24ClNO. The molecule has 1 aromatic carbocycles. The largest absolute Gasteiger partial charge is 0.343 e. The molecule has 1 saturated heterocycles. The van der Waals surface area contributed by atoms with Crippen LogP contribution in [0.1, 0.15) is 37.3 Å². The van der Waals surface area contributed by atoms with Crippen molar-refractivity contribution in [3.05, 3.63) is 35.4 Å². The lowest BCUT2D eigenvalue weighted by molar-refractivity contribution is -0.132. The molecule has 1 heterocycles. The maximum atomic E-state index is 12.3. The smallest absolute Gasteiger partial charge is 0.222 e. The van der Waals surface area contributed by atoms with Gasteiger partial charge in [0.2, 0.25) is 5.91 Å². The van der Waals surface area contributed by atoms with Crippen LogP contribution < -0.4 is 0 Å². The number of hydrogen-bond donors (Lipinski definition) is 0. The molecular weight excluding hydrogens is 270 g/mol. The average Bonchev–Trinajstić information content (AvgIpc) is 2.46. The number of aryl methyl sites for hydroxylation is 2. The highest BCUT2D eigenvalue weighted by molar-refractivity contribution is 6.20. The minimum Gasteiger partial charge on any atom is -0.343 e. The van der Waals surface area contributed by atoms with Crippen LogP contribution in [0.15, 0.2) is 24.3 Å². The van der Waals surface area contributed by atoms with Crippen molar-refractivity contribution in [2.45, 2.75) is 44.9 Å². The van der Waals surface area contributed by atoms with E-state index in [4.69, 9.17) is 11.6 Å². The number of amides is 1. The van der Waals surface area contributed by atoms with E-state index in [-0.39, 0.29) is 11.3 Å². The lowest BCUT2D eigenvalue weighted by Gasteiger charge is -2.33. The topological polar surface area (TPSA) is 20.3 Å². The van der Waals surface area contributed by atoms with Gasteiger partial charge in [-0.1, -0.05) is 24.3 Å². The van der Waals surface area contributed by atoms with E-state index in [1.54, 1.807) is 0 Å². The third-order valence-electron chi connectivity index (χ3n) is 4.41. The number of piperidine rings is 1. The number of benzene rings is 1. The van der Waals surface area contributed by atoms with E-state index in [0.29, 0.717) is 12.3 Å². The van der Waals surface area contributed by atoms with E-state index in [1.165, 1.54) is 11.1 Å². The van der Waals surface area contributed by atoms with Crippen molar-refractivity contribution < 1.29 is 4.79 Å². The Hall–Kier alpha value is -1.02. The maximum absolute atomic E-state index is 12.3. The zero-order valence-electron chi connectivity index (χ0n) is 12.4. The van der Waals surface area contributed by atoms with Crippen molar-refractivity contribution in [3.63, 3.8) is 0 Å². The number of carbonyl (C=O) groups excluding carboxylic acids is 1. The van der Waals surface area contributed by atoms with E-state index >= 15 is 0 Å². The van der Waals surface area contributed by atoms with E-state index in [0.717, 1.165) is 32.4 Å². The van der Waals surface area contributed by atoms with Crippen LogP contribution in [0.4, 0.5) is 0 Å². The normalized spacial score (nSPS) is 18.1. The molecule has 110 valence electrons. The summed E-state index contributed by atoms with van der Waals surface area (Å²) in [5.74, 6) is 0.853. The summed E-state index contributed by atoms with van der Waals surface area (Å²) in [6.45, 7) is 5.90. The van der Waals surface area contributed by atoms with E-state index in [2.05, 4.69) is 26.0 Å². The second kappa shape index (κ2) is 7.12. The van der Waals surface area contributed by atoms with Crippen LogP contribution in [0, 0.1) is 12.8 Å². The molecule has 20 heavy (non-hydrogen) atoms. The van der Waals surface area contributed by atoms with E-state index in [9.17, 15) is 4.79 Å². The highest BCUT2D eigenvalue weighted by Crippen LogP contribution is 2.24. The van der Waals surface area contributed by atoms with E-state index in [1.807, 2.05) is 17.0 Å². The minimum absolute atomic E-state index is 0.222. The van der Waals surface area contributed by atoms with Crippen molar-refractivity contribution in [2.24, 2.45) is 5.92 Å². The summed E-state index contributed by atoms with van der Waals surface area (Å²) >= 11 is 6.14. The lowest BCUT2D eigenvalue weighted by atomic mass is 9.93. The summed E-state index contributed by atoms with van der Waals surface area (Å²) in [4.78, 5) is 14.3. The monoisotopic (exact) mass is 293 g/mol. The van der Waals surface area contributed by atoms with Crippen LogP contribution in [-0.4, -0.2) is 29.3 Å². The van der Waals surface area contributed by atoms with Crippen molar-refractivity contribution in [3.8, 4) is 0 Å². The Morgan fingerprint density at radius 3 is 2.60 bits per heavy atom. The molecule has 2 rings (SSSR count). The highest BCUT2D eigenvalue weighted by Gasteiger charge is 2.25. The predicted molar refractivity (Wildman–Crippen MR) is 84.1 cm³/mol. The third-order valence-corrected chi connectivity index (χ3v) is 4.77. The first-order chi connectivity index (χ1) is 9.58. The second-order valence-corrected chi connectivity index (χ2v) is 6.51. The van der Waals surface area contributed by atoms with Gasteiger partial charge in [-0.15, -0.1) is 11.6 Å². The van der Waals surface area contributed by atoms with Gasteiger partial charge in [0, 0.05) is 24.9 Å². The second-order valence-electron chi connectivity index (χ2n) is 5.82. The lowest BCUT2D eigenvalue weighted by Crippen LogP contribution is -2.40. The average molecular weight is 294 g/mol. The van der Waals surface area contributed by atoms with Gasteiger partial charge in [-0.25, -0.2) is 0 Å². The molecule has 3 heteroatoms. The fourth-order valence-corrected chi connectivity index (χ4v) is 3.15. The molecule has 1 atom stereocenters. The van der Waals surface area contributed by atoms with Gasteiger partial charge in [0.05, 0.1) is 0 Å². The van der Waals surface area contributed by atoms with Crippen LogP contribution in [-0.2, 0) is 11.2 Å². The third kappa shape index (κ3) is 3.99. The zero-order chi connectivity index (χ0) is 14.5. The quantitative estimate of drug-likeness (QED) is 0.774. The van der Waals surface area contributed by atoms with Crippen LogP contribution >= 0.6 is 11.6 Å². The SMILES string of the molecule is Cc1ccccc1CCC(=O)N1CCC(C(C)Cl)CC1. The standard InChI is InChI=1S/C17H24ClNO/c1-13-5-3-4-6-15(13)7-8-17(20)19-11-9-16(10-12-19)14(2)18/h3-6,14,16H,7-12H2,1-2H3. The van der Waals surface area contributed by atoms with Gasteiger partial charge in [-0.05, 0) is 50.2 Å². The molecule has 0 aliphatic carbocycles. The maximum Gasteiger partial charge on any atom is 0.222 e. The molecule has 0 bridgehead atoms. The number of rotatable bonds is 4. The van der Waals surface area contributed by atoms with Gasteiger partial charge in [-0.3, -0.25) is 4.79 Å². The first-order valence-electron chi connectivity index (χ1n) is 7.54. The van der Waals surface area contributed by atoms with Gasteiger partial charge in [0.1, 0.15) is 0 Å². The summed E-state index contributed by atoms with van der Waals surface area (Å²) in [6, 6.07) is 8.30. The zero-order valence-corrected chi connectivity index (χ0v) is 13.2. The fraction of sp³-hybridized carbons (Fsp3) is 0.588. The molecule has 1 aromatic rings. The van der Waals surface area contributed by atoms with Crippen LogP contribution in [0.25, 0.3) is 0 Å². The number of hydrogen-bond acceptors (Lipinski definition) is 1. The van der Waals surface area contributed by atoms with Crippen LogP contribution in [0.5, 0.6) is 0 Å². The number of carbonyl (C=O) groups is 1. The Morgan fingerprint density at radius 2 is 2.00 bits per heavy atom. The molecule has 1 fully saturated rings. The first-order valence-corrected chi connectivity index (χ1v) is 7.98. The van der Waals surface area contributed by atoms with Crippen molar-refractivity contribution >= 4 is 17.5 Å². The highest BCUT2D eigenvalue weighted by atomic mass is 35.5. The van der Waals surface area contributed by atoms with Crippen LogP contribution in [0.3, 0.4) is 0 Å². The van der Waals surface area contributed by atoms with Gasteiger partial charge >= 0.3 is 0 Å². The van der Waals surface area contributed by atoms with Gasteiger partial charge < -0.3 is 4.90 Å². The number of likely N-dealkylation sites (tertiary alicyclic amines) is 1. The summed E-state index contributed by atoms with van der Waals surface area (Å²) in [6.07, 6.45) is 3.55. The molecule has 0 N–H and O–H groups in total. The molecule has 1 aliphatic heterocycles. The van der Waals surface area contributed by atoms with E-state index < -0.39 is 0 Å². The molecule has 0 saturated carbocycles. The molecule has 0 spiro atoms. The van der Waals surface area contributed by atoms with Crippen molar-refractivity contribution in [1.82, 2.24) is 4.90 Å². The van der Waals surface area contributed by atoms with Crippen molar-refractivity contribution in [2.75, 3.05) is 13.1 Å². The fourth-order valence-electron chi connectivity index (χ4n) is 2.90. The predicted octanol–water partition coefficient (Wildman–Crippen LogP) is 3.79. The molecule has 0 aromatic heterocycles. The first kappa shape index (κ1) is 15.4. The summed E-state index contributed by atoms with van der Waals surface area (Å²) in [5.41, 5.74) is 2.56. The van der Waals surface area contributed by atoms with Crippen molar-refractivity contribution in [1.29, 1.82) is 0 Å². The molecule has 1 aliphatic rings. The van der Waals surface area contributed by atoms with Gasteiger partial charge in [0.25, 0.3) is 0 Å². The molecule has 1 amide bonds. The Labute approximate surface area is 127 Å². The molecule has 1 unspecified atom stereocenters. The molecule has 0 radical (unpaired) electrons. The number of alkyl halides is 1. The molecule has 2 nitrogen and oxygen atoms in total. The van der Waals surface area contributed by atoms with Crippen LogP contribution in [0.2, 0.25) is 0 Å². The van der Waals surface area contributed by atoms with Gasteiger partial charge in [-0.2, -0.15) is 0 Å². The Balaban J connectivity index is 1.80. The number of nitrogens with zero attached hydrogens (tertiary/aromatic N) is 1. The summed E-state index contributed by atoms with van der Waals surface area (Å²) in [5, 5.41) is 0.222.